The maximum Gasteiger partial charge on any atom is 0.248 e. The number of primary amides is 1. The Morgan fingerprint density at radius 1 is 1.44 bits per heavy atom. The van der Waals surface area contributed by atoms with Crippen LogP contribution >= 0.6 is 0 Å². The third kappa shape index (κ3) is 3.09. The van der Waals surface area contributed by atoms with Crippen LogP contribution in [0.2, 0.25) is 0 Å². The van der Waals surface area contributed by atoms with Gasteiger partial charge in [-0.3, -0.25) is 9.69 Å². The molecule has 0 spiro atoms. The highest BCUT2D eigenvalue weighted by Crippen LogP contribution is 2.19. The van der Waals surface area contributed by atoms with E-state index in [2.05, 4.69) is 10.2 Å². The van der Waals surface area contributed by atoms with Gasteiger partial charge in [-0.1, -0.05) is 12.1 Å². The molecule has 0 saturated carbocycles. The lowest BCUT2D eigenvalue weighted by Gasteiger charge is -2.24. The fraction of sp³-hybridized carbons (Fsp3) is 0.500. The standard InChI is InChI=1S/C14H21N3O/c1-16-9-13-3-2-8-17(13)10-11-4-6-12(7-5-11)14(15)18/h4-7,13,16H,2-3,8-10H2,1H3,(H2,15,18). The molecule has 0 radical (unpaired) electrons. The number of nitrogens with one attached hydrogen (secondary N) is 1. The number of nitrogens with zero attached hydrogens (tertiary/aromatic N) is 1. The van der Waals surface area contributed by atoms with Crippen molar-refractivity contribution in [1.29, 1.82) is 0 Å². The van der Waals surface area contributed by atoms with Crippen molar-refractivity contribution in [2.24, 2.45) is 5.73 Å². The monoisotopic (exact) mass is 247 g/mol. The molecule has 1 fully saturated rings. The zero-order valence-electron chi connectivity index (χ0n) is 10.9. The first-order valence-corrected chi connectivity index (χ1v) is 6.48. The van der Waals surface area contributed by atoms with Gasteiger partial charge in [-0.05, 0) is 44.1 Å². The van der Waals surface area contributed by atoms with Crippen LogP contribution in [-0.2, 0) is 6.54 Å². The van der Waals surface area contributed by atoms with Crippen molar-refractivity contribution >= 4 is 5.91 Å². The van der Waals surface area contributed by atoms with Gasteiger partial charge in [0.15, 0.2) is 0 Å². The molecule has 1 saturated heterocycles. The molecule has 1 aromatic carbocycles. The van der Waals surface area contributed by atoms with Gasteiger partial charge in [0, 0.05) is 24.7 Å². The van der Waals surface area contributed by atoms with E-state index in [1.807, 2.05) is 19.2 Å². The number of benzene rings is 1. The van der Waals surface area contributed by atoms with Crippen LogP contribution in [-0.4, -0.2) is 37.0 Å². The summed E-state index contributed by atoms with van der Waals surface area (Å²) in [7, 11) is 2.00. The number of hydrogen-bond donors (Lipinski definition) is 2. The van der Waals surface area contributed by atoms with Gasteiger partial charge in [0.05, 0.1) is 0 Å². The molecule has 4 heteroatoms. The summed E-state index contributed by atoms with van der Waals surface area (Å²) in [4.78, 5) is 13.5. The van der Waals surface area contributed by atoms with Crippen LogP contribution < -0.4 is 11.1 Å². The number of amides is 1. The highest BCUT2D eigenvalue weighted by Gasteiger charge is 2.23. The lowest BCUT2D eigenvalue weighted by Crippen LogP contribution is -2.36. The van der Waals surface area contributed by atoms with E-state index in [0.717, 1.165) is 19.6 Å². The molecular weight excluding hydrogens is 226 g/mol. The normalized spacial score (nSPS) is 20.2. The first-order chi connectivity index (χ1) is 8.70. The van der Waals surface area contributed by atoms with Crippen LogP contribution in [0.1, 0.15) is 28.8 Å². The van der Waals surface area contributed by atoms with Gasteiger partial charge < -0.3 is 11.1 Å². The van der Waals surface area contributed by atoms with Gasteiger partial charge in [0.2, 0.25) is 5.91 Å². The lowest BCUT2D eigenvalue weighted by molar-refractivity contribution is 0.100. The predicted octanol–water partition coefficient (Wildman–Crippen LogP) is 0.969. The van der Waals surface area contributed by atoms with Gasteiger partial charge in [0.1, 0.15) is 0 Å². The van der Waals surface area contributed by atoms with Crippen LogP contribution in [0, 0.1) is 0 Å². The zero-order valence-corrected chi connectivity index (χ0v) is 10.9. The highest BCUT2D eigenvalue weighted by molar-refractivity contribution is 5.92. The Morgan fingerprint density at radius 3 is 2.78 bits per heavy atom. The van der Waals surface area contributed by atoms with Crippen molar-refractivity contribution in [3.8, 4) is 0 Å². The van der Waals surface area contributed by atoms with Crippen LogP contribution in [0.3, 0.4) is 0 Å². The third-order valence-corrected chi connectivity index (χ3v) is 3.56. The van der Waals surface area contributed by atoms with Crippen LogP contribution in [0.15, 0.2) is 24.3 Å². The highest BCUT2D eigenvalue weighted by atomic mass is 16.1. The molecule has 2 rings (SSSR count). The van der Waals surface area contributed by atoms with Crippen molar-refractivity contribution in [2.75, 3.05) is 20.1 Å². The summed E-state index contributed by atoms with van der Waals surface area (Å²) in [5.74, 6) is -0.365. The van der Waals surface area contributed by atoms with Crippen molar-refractivity contribution in [2.45, 2.75) is 25.4 Å². The smallest absolute Gasteiger partial charge is 0.248 e. The first-order valence-electron chi connectivity index (χ1n) is 6.48. The second-order valence-corrected chi connectivity index (χ2v) is 4.89. The molecule has 18 heavy (non-hydrogen) atoms. The van der Waals surface area contributed by atoms with Gasteiger partial charge in [0.25, 0.3) is 0 Å². The maximum atomic E-state index is 11.0. The maximum absolute atomic E-state index is 11.0. The van der Waals surface area contributed by atoms with Crippen molar-refractivity contribution in [3.05, 3.63) is 35.4 Å². The summed E-state index contributed by atoms with van der Waals surface area (Å²) in [6.07, 6.45) is 2.53. The molecule has 1 atom stereocenters. The Balaban J connectivity index is 1.98. The van der Waals surface area contributed by atoms with E-state index >= 15 is 0 Å². The summed E-state index contributed by atoms with van der Waals surface area (Å²) < 4.78 is 0. The number of hydrogen-bond acceptors (Lipinski definition) is 3. The Hall–Kier alpha value is -1.39. The topological polar surface area (TPSA) is 58.4 Å². The van der Waals surface area contributed by atoms with E-state index in [0.29, 0.717) is 11.6 Å². The summed E-state index contributed by atoms with van der Waals surface area (Å²) in [5.41, 5.74) is 7.05. The Bertz CT molecular complexity index is 402. The van der Waals surface area contributed by atoms with Gasteiger partial charge >= 0.3 is 0 Å². The molecule has 1 aliphatic rings. The number of carbonyl (C=O) groups excluding carboxylic acids is 1. The summed E-state index contributed by atoms with van der Waals surface area (Å²) >= 11 is 0. The average Bonchev–Trinajstić information content (AvgIpc) is 2.78. The predicted molar refractivity (Wildman–Crippen MR) is 72.3 cm³/mol. The largest absolute Gasteiger partial charge is 0.366 e. The molecule has 1 heterocycles. The van der Waals surface area contributed by atoms with Gasteiger partial charge in [-0.15, -0.1) is 0 Å². The molecule has 98 valence electrons. The summed E-state index contributed by atoms with van der Waals surface area (Å²) in [5, 5.41) is 3.25. The SMILES string of the molecule is CNCC1CCCN1Cc1ccc(C(N)=O)cc1. The quantitative estimate of drug-likeness (QED) is 0.815. The number of rotatable bonds is 5. The van der Waals surface area contributed by atoms with Crippen molar-refractivity contribution in [3.63, 3.8) is 0 Å². The van der Waals surface area contributed by atoms with Crippen molar-refractivity contribution < 1.29 is 4.79 Å². The Morgan fingerprint density at radius 2 is 2.17 bits per heavy atom. The number of carbonyl (C=O) groups is 1. The zero-order chi connectivity index (χ0) is 13.0. The van der Waals surface area contributed by atoms with Crippen LogP contribution in [0.5, 0.6) is 0 Å². The van der Waals surface area contributed by atoms with E-state index in [-0.39, 0.29) is 5.91 Å². The minimum Gasteiger partial charge on any atom is -0.366 e. The van der Waals surface area contributed by atoms with Crippen LogP contribution in [0.25, 0.3) is 0 Å². The Labute approximate surface area is 108 Å². The average molecular weight is 247 g/mol. The summed E-state index contributed by atoms with van der Waals surface area (Å²) in [6.45, 7) is 3.15. The van der Waals surface area contributed by atoms with E-state index in [9.17, 15) is 4.79 Å². The van der Waals surface area contributed by atoms with Gasteiger partial charge in [-0.25, -0.2) is 0 Å². The fourth-order valence-corrected chi connectivity index (χ4v) is 2.58. The van der Waals surface area contributed by atoms with E-state index in [1.54, 1.807) is 12.1 Å². The molecule has 3 N–H and O–H groups in total. The number of likely N-dealkylation sites (tertiary alicyclic amines) is 1. The third-order valence-electron chi connectivity index (χ3n) is 3.56. The summed E-state index contributed by atoms with van der Waals surface area (Å²) in [6, 6.07) is 8.23. The first kappa shape index (κ1) is 13.1. The second kappa shape index (κ2) is 5.98. The Kier molecular flexibility index (Phi) is 4.33. The lowest BCUT2D eigenvalue weighted by atomic mass is 10.1. The van der Waals surface area contributed by atoms with Crippen LogP contribution in [0.4, 0.5) is 0 Å². The minimum absolute atomic E-state index is 0.365. The molecule has 1 unspecified atom stereocenters. The molecular formula is C14H21N3O. The fourth-order valence-electron chi connectivity index (χ4n) is 2.58. The molecule has 1 amide bonds. The van der Waals surface area contributed by atoms with Gasteiger partial charge in [-0.2, -0.15) is 0 Å². The van der Waals surface area contributed by atoms with E-state index in [1.165, 1.54) is 18.4 Å². The molecule has 0 aliphatic carbocycles. The molecule has 4 nitrogen and oxygen atoms in total. The molecule has 1 aromatic rings. The number of nitrogens with two attached hydrogens (primary N) is 1. The van der Waals surface area contributed by atoms with Crippen molar-refractivity contribution in [1.82, 2.24) is 10.2 Å². The minimum atomic E-state index is -0.365. The molecule has 1 aliphatic heterocycles. The van der Waals surface area contributed by atoms with E-state index in [4.69, 9.17) is 5.73 Å². The second-order valence-electron chi connectivity index (χ2n) is 4.89. The number of likely N-dealkylation sites (N-methyl/N-ethyl adjacent to an activating group) is 1. The molecule has 0 bridgehead atoms. The molecule has 0 aromatic heterocycles. The van der Waals surface area contributed by atoms with E-state index < -0.39 is 0 Å².